The number of rotatable bonds is 12. The molecule has 0 saturated heterocycles. The van der Waals surface area contributed by atoms with E-state index in [9.17, 15) is 0 Å². The minimum absolute atomic E-state index is 1.08. The highest BCUT2D eigenvalue weighted by Gasteiger charge is 2.08. The minimum atomic E-state index is 1.08. The molecule has 1 aromatic heterocycles. The first kappa shape index (κ1) is 20.2. The largest absolute Gasteiger partial charge is 0.331 e. The Morgan fingerprint density at radius 3 is 1.87 bits per heavy atom. The molecule has 0 spiro atoms. The molecule has 0 radical (unpaired) electrons. The van der Waals surface area contributed by atoms with E-state index in [2.05, 4.69) is 70.1 Å². The molecule has 0 aliphatic carbocycles. The predicted molar refractivity (Wildman–Crippen MR) is 98.1 cm³/mol. The molecule has 0 aliphatic heterocycles. The lowest BCUT2D eigenvalue weighted by Gasteiger charge is -2.23. The second kappa shape index (κ2) is 9.43. The molecule has 0 bridgehead atoms. The molecule has 4 heteroatoms. The molecule has 23 heavy (non-hydrogen) atoms. The fourth-order valence-corrected chi connectivity index (χ4v) is 2.82. The van der Waals surface area contributed by atoms with Gasteiger partial charge in [0.1, 0.15) is 12.4 Å². The van der Waals surface area contributed by atoms with Crippen molar-refractivity contribution in [2.75, 3.05) is 55.4 Å². The third kappa shape index (κ3) is 11.3. The van der Waals surface area contributed by atoms with Crippen LogP contribution in [-0.4, -0.2) is 68.9 Å². The molecular formula is C19H41N4+3. The van der Waals surface area contributed by atoms with Gasteiger partial charge in [-0.15, -0.1) is 0 Å². The van der Waals surface area contributed by atoms with Gasteiger partial charge in [0.2, 0.25) is 6.33 Å². The lowest BCUT2D eigenvalue weighted by atomic mass is 10.2. The summed E-state index contributed by atoms with van der Waals surface area (Å²) >= 11 is 0. The first-order valence-electron chi connectivity index (χ1n) is 9.31. The van der Waals surface area contributed by atoms with Crippen molar-refractivity contribution < 1.29 is 13.5 Å². The smallest absolute Gasteiger partial charge is 0.243 e. The van der Waals surface area contributed by atoms with Gasteiger partial charge in [0.15, 0.2) is 0 Å². The predicted octanol–water partition coefficient (Wildman–Crippen LogP) is 2.53. The summed E-state index contributed by atoms with van der Waals surface area (Å²) in [6, 6.07) is 0. The average molecular weight is 326 g/mol. The number of aromatic nitrogens is 2. The van der Waals surface area contributed by atoms with Crippen LogP contribution in [0.5, 0.6) is 0 Å². The van der Waals surface area contributed by atoms with Crippen molar-refractivity contribution in [2.24, 2.45) is 0 Å². The van der Waals surface area contributed by atoms with Gasteiger partial charge >= 0.3 is 0 Å². The highest BCUT2D eigenvalue weighted by molar-refractivity contribution is 4.66. The Morgan fingerprint density at radius 1 is 0.739 bits per heavy atom. The maximum atomic E-state index is 2.35. The zero-order chi connectivity index (χ0) is 17.3. The molecule has 0 atom stereocenters. The number of quaternary nitrogens is 2. The Labute approximate surface area is 144 Å². The number of nitrogens with zero attached hydrogens (tertiary/aromatic N) is 4. The van der Waals surface area contributed by atoms with Crippen molar-refractivity contribution in [3.8, 4) is 0 Å². The maximum Gasteiger partial charge on any atom is 0.243 e. The van der Waals surface area contributed by atoms with Crippen molar-refractivity contribution in [1.82, 2.24) is 4.57 Å². The number of hydrogen-bond donors (Lipinski definition) is 0. The summed E-state index contributed by atoms with van der Waals surface area (Å²) in [4.78, 5) is 0. The molecule has 0 unspecified atom stereocenters. The van der Waals surface area contributed by atoms with E-state index in [1.807, 2.05) is 0 Å². The van der Waals surface area contributed by atoms with Crippen LogP contribution in [0.25, 0.3) is 0 Å². The van der Waals surface area contributed by atoms with E-state index in [0.717, 1.165) is 22.1 Å². The second-order valence-corrected chi connectivity index (χ2v) is 9.04. The van der Waals surface area contributed by atoms with Gasteiger partial charge in [-0.1, -0.05) is 0 Å². The zero-order valence-electron chi connectivity index (χ0n) is 16.6. The van der Waals surface area contributed by atoms with E-state index in [0.29, 0.717) is 0 Å². The van der Waals surface area contributed by atoms with Gasteiger partial charge in [-0.2, -0.15) is 0 Å². The van der Waals surface area contributed by atoms with Gasteiger partial charge in [-0.05, 0) is 38.5 Å². The summed E-state index contributed by atoms with van der Waals surface area (Å²) in [7, 11) is 13.6. The molecule has 0 fully saturated rings. The molecule has 1 aromatic rings. The fourth-order valence-electron chi connectivity index (χ4n) is 2.82. The summed E-state index contributed by atoms with van der Waals surface area (Å²) in [6.45, 7) is 4.87. The van der Waals surface area contributed by atoms with Gasteiger partial charge in [0, 0.05) is 0 Å². The Morgan fingerprint density at radius 2 is 1.30 bits per heavy atom. The Kier molecular flexibility index (Phi) is 8.27. The first-order chi connectivity index (χ1) is 10.7. The van der Waals surface area contributed by atoms with Crippen LogP contribution in [0.2, 0.25) is 0 Å². The first-order valence-corrected chi connectivity index (χ1v) is 9.31. The highest BCUT2D eigenvalue weighted by atomic mass is 15.3. The quantitative estimate of drug-likeness (QED) is 0.317. The summed E-state index contributed by atoms with van der Waals surface area (Å²) in [5.74, 6) is 0. The van der Waals surface area contributed by atoms with Crippen molar-refractivity contribution in [2.45, 2.75) is 51.6 Å². The van der Waals surface area contributed by atoms with E-state index in [1.54, 1.807) is 0 Å². The molecule has 0 aliphatic rings. The number of imidazole rings is 1. The van der Waals surface area contributed by atoms with Crippen molar-refractivity contribution >= 4 is 0 Å². The molecule has 4 nitrogen and oxygen atoms in total. The molecule has 0 amide bonds. The average Bonchev–Trinajstić information content (AvgIpc) is 2.83. The van der Waals surface area contributed by atoms with E-state index in [4.69, 9.17) is 0 Å². The van der Waals surface area contributed by atoms with Crippen LogP contribution >= 0.6 is 0 Å². The lowest BCUT2D eigenvalue weighted by Crippen LogP contribution is -2.35. The molecule has 1 rings (SSSR count). The van der Waals surface area contributed by atoms with E-state index in [-0.39, 0.29) is 0 Å². The third-order valence-electron chi connectivity index (χ3n) is 4.24. The molecule has 1 heterocycles. The topological polar surface area (TPSA) is 8.81 Å². The molecule has 134 valence electrons. The van der Waals surface area contributed by atoms with Gasteiger partial charge in [0.05, 0.1) is 68.5 Å². The van der Waals surface area contributed by atoms with Crippen molar-refractivity contribution in [1.29, 1.82) is 0 Å². The van der Waals surface area contributed by atoms with Crippen LogP contribution in [0, 0.1) is 0 Å². The lowest BCUT2D eigenvalue weighted by molar-refractivity contribution is -0.870. The van der Waals surface area contributed by atoms with Gasteiger partial charge in [-0.3, -0.25) is 0 Å². The van der Waals surface area contributed by atoms with Gasteiger partial charge in [0.25, 0.3) is 0 Å². The molecule has 0 N–H and O–H groups in total. The van der Waals surface area contributed by atoms with Crippen LogP contribution in [0.1, 0.15) is 38.5 Å². The Hall–Kier alpha value is -0.870. The third-order valence-corrected chi connectivity index (χ3v) is 4.24. The second-order valence-electron chi connectivity index (χ2n) is 9.04. The Bertz CT molecular complexity index is 385. The van der Waals surface area contributed by atoms with Crippen LogP contribution in [0.3, 0.4) is 0 Å². The van der Waals surface area contributed by atoms with Gasteiger partial charge in [-0.25, -0.2) is 9.13 Å². The summed E-state index contributed by atoms with van der Waals surface area (Å²) in [5.41, 5.74) is 0. The number of unbranched alkanes of at least 4 members (excludes halogenated alkanes) is 4. The van der Waals surface area contributed by atoms with Gasteiger partial charge < -0.3 is 8.97 Å². The number of hydrogen-bond acceptors (Lipinski definition) is 0. The van der Waals surface area contributed by atoms with Crippen LogP contribution in [-0.2, 0) is 13.1 Å². The van der Waals surface area contributed by atoms with E-state index >= 15 is 0 Å². The fraction of sp³-hybridized carbons (Fsp3) is 0.842. The summed E-state index contributed by atoms with van der Waals surface area (Å²) in [6.07, 6.45) is 14.6. The molecular weight excluding hydrogens is 284 g/mol. The zero-order valence-corrected chi connectivity index (χ0v) is 16.6. The summed E-state index contributed by atoms with van der Waals surface area (Å²) < 4.78 is 6.85. The molecule has 0 aromatic carbocycles. The number of aryl methyl sites for hydroxylation is 2. The SMILES string of the molecule is C[N+](C)(C)CCCCCn1cc[n+](CCCCC[N+](C)(C)C)c1. The van der Waals surface area contributed by atoms with Crippen molar-refractivity contribution in [3.05, 3.63) is 18.7 Å². The normalized spacial score (nSPS) is 12.8. The van der Waals surface area contributed by atoms with Crippen LogP contribution < -0.4 is 4.57 Å². The van der Waals surface area contributed by atoms with Crippen LogP contribution in [0.15, 0.2) is 18.7 Å². The molecule has 0 saturated carbocycles. The summed E-state index contributed by atoms with van der Waals surface area (Å²) in [5, 5.41) is 0. The highest BCUT2D eigenvalue weighted by Crippen LogP contribution is 2.03. The van der Waals surface area contributed by atoms with E-state index < -0.39 is 0 Å². The monoisotopic (exact) mass is 325 g/mol. The van der Waals surface area contributed by atoms with Crippen molar-refractivity contribution in [3.63, 3.8) is 0 Å². The maximum absolute atomic E-state index is 2.35. The Balaban J connectivity index is 2.10. The van der Waals surface area contributed by atoms with Crippen LogP contribution in [0.4, 0.5) is 0 Å². The minimum Gasteiger partial charge on any atom is -0.331 e. The van der Waals surface area contributed by atoms with E-state index in [1.165, 1.54) is 51.6 Å². The standard InChI is InChI=1S/C19H41N4/c1-22(2,3)17-11-7-9-13-20-15-16-21(19-20)14-10-8-12-18-23(4,5)6/h15-16,19H,7-14,17-18H2,1-6H3/q+3.